The summed E-state index contributed by atoms with van der Waals surface area (Å²) < 4.78 is 0. The van der Waals surface area contributed by atoms with Crippen LogP contribution >= 0.6 is 27.9 Å². The molecule has 1 aliphatic rings. The summed E-state index contributed by atoms with van der Waals surface area (Å²) in [5, 5.41) is 0. The SMILES string of the molecule is Br[As]1(Br)=CC=CC=C1. The van der Waals surface area contributed by atoms with Crippen molar-refractivity contribution >= 4 is 42.1 Å². The third kappa shape index (κ3) is 2.00. The van der Waals surface area contributed by atoms with Crippen LogP contribution < -0.4 is 0 Å². The van der Waals surface area contributed by atoms with Gasteiger partial charge in [-0.25, -0.2) is 0 Å². The molecule has 0 saturated heterocycles. The van der Waals surface area contributed by atoms with E-state index in [4.69, 9.17) is 0 Å². The third-order valence-electron chi connectivity index (χ3n) is 0.792. The summed E-state index contributed by atoms with van der Waals surface area (Å²) in [6, 6.07) is 0. The van der Waals surface area contributed by atoms with Gasteiger partial charge in [-0.1, -0.05) is 0 Å². The fraction of sp³-hybridized carbons (Fsp3) is 0. The summed E-state index contributed by atoms with van der Waals surface area (Å²) in [6.45, 7) is 0. The Bertz CT molecular complexity index is 185. The normalized spacial score (nSPS) is 22.8. The Morgan fingerprint density at radius 2 is 1.75 bits per heavy atom. The van der Waals surface area contributed by atoms with Gasteiger partial charge in [-0.3, -0.25) is 0 Å². The predicted molar refractivity (Wildman–Crippen MR) is 48.0 cm³/mol. The van der Waals surface area contributed by atoms with Gasteiger partial charge in [0.25, 0.3) is 0 Å². The van der Waals surface area contributed by atoms with Crippen LogP contribution in [0.25, 0.3) is 0 Å². The summed E-state index contributed by atoms with van der Waals surface area (Å²) in [6.07, 6.45) is 6.16. The number of allylic oxidation sites excluding steroid dienone is 3. The first-order valence-corrected chi connectivity index (χ1v) is 13.1. The molecule has 0 amide bonds. The van der Waals surface area contributed by atoms with Crippen LogP contribution in [0.4, 0.5) is 0 Å². The number of hydrogen-bond acceptors (Lipinski definition) is 0. The van der Waals surface area contributed by atoms with E-state index in [1.807, 2.05) is 6.08 Å². The molecule has 0 aliphatic carbocycles. The average molecular weight is 300 g/mol. The molecular formula is C5H5AsBr2. The maximum atomic E-state index is 3.59. The molecule has 0 radical (unpaired) electrons. The molecular weight excluding hydrogens is 295 g/mol. The Balaban J connectivity index is 3.00. The zero-order valence-electron chi connectivity index (χ0n) is 4.09. The molecule has 0 aromatic carbocycles. The number of rotatable bonds is 0. The molecule has 1 aliphatic heterocycles. The number of halogens is 2. The van der Waals surface area contributed by atoms with Gasteiger partial charge in [0.15, 0.2) is 0 Å². The average Bonchev–Trinajstić information content (AvgIpc) is 1.65. The van der Waals surface area contributed by atoms with Crippen LogP contribution in [0.1, 0.15) is 0 Å². The van der Waals surface area contributed by atoms with Gasteiger partial charge in [-0.15, -0.1) is 0 Å². The molecule has 0 N–H and O–H groups in total. The number of hydrogen-bond donors (Lipinski definition) is 0. The second-order valence-electron chi connectivity index (χ2n) is 1.48. The van der Waals surface area contributed by atoms with Crippen LogP contribution in [0.5, 0.6) is 0 Å². The van der Waals surface area contributed by atoms with Crippen LogP contribution in [0.2, 0.25) is 0 Å². The van der Waals surface area contributed by atoms with Gasteiger partial charge in [0.2, 0.25) is 0 Å². The maximum absolute atomic E-state index is 3.59. The van der Waals surface area contributed by atoms with Crippen molar-refractivity contribution in [3.8, 4) is 0 Å². The van der Waals surface area contributed by atoms with Crippen molar-refractivity contribution in [3.63, 3.8) is 0 Å². The van der Waals surface area contributed by atoms with Crippen molar-refractivity contribution in [1.29, 1.82) is 0 Å². The van der Waals surface area contributed by atoms with Crippen molar-refractivity contribution < 1.29 is 0 Å². The fourth-order valence-corrected chi connectivity index (χ4v) is 4.87. The zero-order valence-corrected chi connectivity index (χ0v) is 9.14. The van der Waals surface area contributed by atoms with Gasteiger partial charge >= 0.3 is 65.1 Å². The Kier molecular flexibility index (Phi) is 2.30. The van der Waals surface area contributed by atoms with Gasteiger partial charge in [-0.2, -0.15) is 0 Å². The molecule has 0 aromatic heterocycles. The molecule has 0 aromatic rings. The van der Waals surface area contributed by atoms with Crippen LogP contribution in [0.3, 0.4) is 0 Å². The molecule has 8 heavy (non-hydrogen) atoms. The second-order valence-corrected chi connectivity index (χ2v) is 22.4. The van der Waals surface area contributed by atoms with E-state index in [9.17, 15) is 0 Å². The van der Waals surface area contributed by atoms with Gasteiger partial charge in [0, 0.05) is 0 Å². The molecule has 0 atom stereocenters. The van der Waals surface area contributed by atoms with E-state index in [1.165, 1.54) is 0 Å². The Labute approximate surface area is 64.8 Å². The third-order valence-corrected chi connectivity index (χ3v) is 8.10. The second kappa shape index (κ2) is 2.64. The van der Waals surface area contributed by atoms with E-state index in [2.05, 4.69) is 49.7 Å². The van der Waals surface area contributed by atoms with Gasteiger partial charge in [-0.05, 0) is 0 Å². The van der Waals surface area contributed by atoms with Gasteiger partial charge in [0.1, 0.15) is 0 Å². The zero-order chi connectivity index (χ0) is 6.04. The summed E-state index contributed by atoms with van der Waals surface area (Å²) in [5.74, 6) is 0. The van der Waals surface area contributed by atoms with Crippen LogP contribution in [-0.4, -0.2) is 14.2 Å². The molecule has 0 spiro atoms. The van der Waals surface area contributed by atoms with Crippen molar-refractivity contribution in [1.82, 2.24) is 0 Å². The Morgan fingerprint density at radius 3 is 2.00 bits per heavy atom. The van der Waals surface area contributed by atoms with E-state index >= 15 is 0 Å². The molecule has 3 heteroatoms. The summed E-state index contributed by atoms with van der Waals surface area (Å²) >= 11 is 7.17. The molecule has 1 rings (SSSR count). The van der Waals surface area contributed by atoms with Crippen LogP contribution in [-0.2, 0) is 0 Å². The molecule has 1 heterocycles. The first kappa shape index (κ1) is 6.98. The topological polar surface area (TPSA) is 0 Å². The van der Waals surface area contributed by atoms with E-state index < -0.39 is 9.38 Å². The van der Waals surface area contributed by atoms with Crippen LogP contribution in [0, 0.1) is 0 Å². The van der Waals surface area contributed by atoms with E-state index in [-0.39, 0.29) is 0 Å². The first-order valence-electron chi connectivity index (χ1n) is 2.19. The standard InChI is InChI=1S/C5H5AsBr2/c7-6(8)4-2-1-3-5-6/h1-5H. The van der Waals surface area contributed by atoms with Crippen LogP contribution in [0.15, 0.2) is 23.1 Å². The van der Waals surface area contributed by atoms with Crippen molar-refractivity contribution in [2.45, 2.75) is 0 Å². The minimum atomic E-state index is -1.66. The van der Waals surface area contributed by atoms with E-state index in [1.54, 1.807) is 0 Å². The molecule has 0 unspecified atom stereocenters. The Morgan fingerprint density at radius 1 is 1.00 bits per heavy atom. The van der Waals surface area contributed by atoms with Crippen molar-refractivity contribution in [2.24, 2.45) is 0 Å². The fourth-order valence-electron chi connectivity index (χ4n) is 0.443. The minimum absolute atomic E-state index is 1.66. The monoisotopic (exact) mass is 298 g/mol. The Hall–Kier alpha value is 0.868. The van der Waals surface area contributed by atoms with Gasteiger partial charge < -0.3 is 0 Å². The molecule has 0 nitrogen and oxygen atoms in total. The summed E-state index contributed by atoms with van der Waals surface area (Å²) in [7, 11) is -1.66. The summed E-state index contributed by atoms with van der Waals surface area (Å²) in [5.41, 5.74) is 0. The molecule has 0 fully saturated rings. The van der Waals surface area contributed by atoms with E-state index in [0.717, 1.165) is 0 Å². The van der Waals surface area contributed by atoms with Crippen molar-refractivity contribution in [3.05, 3.63) is 23.1 Å². The molecule has 44 valence electrons. The van der Waals surface area contributed by atoms with Gasteiger partial charge in [0.05, 0.1) is 0 Å². The van der Waals surface area contributed by atoms with E-state index in [0.29, 0.717) is 0 Å². The predicted octanol–water partition coefficient (Wildman–Crippen LogP) is 2.27. The summed E-state index contributed by atoms with van der Waals surface area (Å²) in [4.78, 5) is 4.39. The first-order chi connectivity index (χ1) is 3.71. The quantitative estimate of drug-likeness (QED) is 0.602. The molecule has 0 saturated carbocycles. The molecule has 0 bridgehead atoms. The van der Waals surface area contributed by atoms with Crippen molar-refractivity contribution in [2.75, 3.05) is 0 Å².